The summed E-state index contributed by atoms with van der Waals surface area (Å²) in [6.45, 7) is 0.0555. The van der Waals surface area contributed by atoms with Gasteiger partial charge in [0.25, 0.3) is 0 Å². The Balaban J connectivity index is 1.62. The molecular weight excluding hydrogens is 428 g/mol. The second-order valence-electron chi connectivity index (χ2n) is 7.22. The van der Waals surface area contributed by atoms with E-state index < -0.39 is 24.1 Å². The number of fused-ring (bicyclic) bond motifs is 1. The molecule has 7 nitrogen and oxygen atoms in total. The van der Waals surface area contributed by atoms with Crippen LogP contribution in [0.15, 0.2) is 72.8 Å². The fourth-order valence-corrected chi connectivity index (χ4v) is 3.88. The van der Waals surface area contributed by atoms with E-state index in [0.29, 0.717) is 0 Å². The zero-order valence-corrected chi connectivity index (χ0v) is 18.1. The van der Waals surface area contributed by atoms with Gasteiger partial charge in [0.2, 0.25) is 5.12 Å². The fraction of sp³-hybridized carbons (Fsp3) is 0.208. The molecule has 2 atom stereocenters. The van der Waals surface area contributed by atoms with E-state index in [1.807, 2.05) is 72.8 Å². The number of nitrogens with one attached hydrogen (secondary N) is 1. The number of ether oxygens (including phenoxy) is 1. The highest BCUT2D eigenvalue weighted by Gasteiger charge is 2.24. The first-order valence-corrected chi connectivity index (χ1v) is 11.0. The summed E-state index contributed by atoms with van der Waals surface area (Å²) in [6, 6.07) is 20.8. The summed E-state index contributed by atoms with van der Waals surface area (Å²) in [7, 11) is 0. The molecular formula is C24H24N2O5S. The maximum atomic E-state index is 12.7. The van der Waals surface area contributed by atoms with E-state index in [4.69, 9.17) is 15.6 Å². The largest absolute Gasteiger partial charge is 0.480 e. The molecule has 0 spiro atoms. The fourth-order valence-electron chi connectivity index (χ4n) is 3.05. The normalized spacial score (nSPS) is 12.7. The van der Waals surface area contributed by atoms with Crippen LogP contribution in [0.3, 0.4) is 0 Å². The average molecular weight is 453 g/mol. The summed E-state index contributed by atoms with van der Waals surface area (Å²) >= 11 is 0.783. The van der Waals surface area contributed by atoms with E-state index >= 15 is 0 Å². The van der Waals surface area contributed by atoms with Gasteiger partial charge in [-0.2, -0.15) is 0 Å². The average Bonchev–Trinajstić information content (AvgIpc) is 2.81. The van der Waals surface area contributed by atoms with Crippen LogP contribution in [0.1, 0.15) is 11.1 Å². The van der Waals surface area contributed by atoms with Crippen LogP contribution >= 0.6 is 11.8 Å². The summed E-state index contributed by atoms with van der Waals surface area (Å²) in [5.74, 6) is -1.28. The van der Waals surface area contributed by atoms with Crippen molar-refractivity contribution in [3.8, 4) is 0 Å². The Bertz CT molecular complexity index is 1090. The van der Waals surface area contributed by atoms with Gasteiger partial charge in [0, 0.05) is 12.2 Å². The molecule has 0 radical (unpaired) electrons. The number of benzene rings is 3. The summed E-state index contributed by atoms with van der Waals surface area (Å²) < 4.78 is 5.33. The monoisotopic (exact) mass is 452 g/mol. The van der Waals surface area contributed by atoms with Crippen molar-refractivity contribution in [3.63, 3.8) is 0 Å². The van der Waals surface area contributed by atoms with Crippen LogP contribution in [0.4, 0.5) is 4.79 Å². The van der Waals surface area contributed by atoms with Crippen molar-refractivity contribution in [2.75, 3.05) is 5.75 Å². The van der Waals surface area contributed by atoms with Crippen LogP contribution in [-0.4, -0.2) is 40.1 Å². The lowest BCUT2D eigenvalue weighted by Crippen LogP contribution is -2.42. The van der Waals surface area contributed by atoms with Crippen LogP contribution < -0.4 is 11.1 Å². The van der Waals surface area contributed by atoms with E-state index in [2.05, 4.69) is 5.32 Å². The number of carboxylic acids is 1. The molecule has 0 aliphatic carbocycles. The summed E-state index contributed by atoms with van der Waals surface area (Å²) in [6.07, 6.45) is -0.476. The summed E-state index contributed by atoms with van der Waals surface area (Å²) in [5.41, 5.74) is 7.16. The van der Waals surface area contributed by atoms with Crippen LogP contribution in [0.25, 0.3) is 10.8 Å². The number of hydrogen-bond donors (Lipinski definition) is 3. The molecule has 166 valence electrons. The number of carbonyl (C=O) groups is 3. The van der Waals surface area contributed by atoms with Crippen molar-refractivity contribution in [1.29, 1.82) is 0 Å². The Morgan fingerprint density at radius 2 is 1.62 bits per heavy atom. The van der Waals surface area contributed by atoms with Gasteiger partial charge in [-0.25, -0.2) is 4.79 Å². The first-order valence-electron chi connectivity index (χ1n) is 10.0. The summed E-state index contributed by atoms with van der Waals surface area (Å²) in [4.78, 5) is 36.0. The first-order chi connectivity index (χ1) is 15.4. The minimum Gasteiger partial charge on any atom is -0.480 e. The van der Waals surface area contributed by atoms with Gasteiger partial charge in [-0.05, 0) is 28.0 Å². The number of carbonyl (C=O) groups excluding carboxylic acids is 2. The third kappa shape index (κ3) is 6.83. The van der Waals surface area contributed by atoms with Crippen molar-refractivity contribution in [3.05, 3.63) is 83.9 Å². The number of aliphatic carboxylic acids is 1. The number of rotatable bonds is 9. The van der Waals surface area contributed by atoms with Crippen LogP contribution in [-0.2, 0) is 27.4 Å². The van der Waals surface area contributed by atoms with Gasteiger partial charge in [-0.15, -0.1) is 0 Å². The maximum Gasteiger partial charge on any atom is 0.408 e. The molecule has 1 amide bonds. The van der Waals surface area contributed by atoms with Crippen molar-refractivity contribution >= 4 is 39.7 Å². The summed E-state index contributed by atoms with van der Waals surface area (Å²) in [5, 5.41) is 13.3. The lowest BCUT2D eigenvalue weighted by molar-refractivity contribution is -0.137. The molecule has 0 unspecified atom stereocenters. The minimum absolute atomic E-state index is 0.0555. The third-order valence-electron chi connectivity index (χ3n) is 4.77. The Morgan fingerprint density at radius 3 is 2.34 bits per heavy atom. The van der Waals surface area contributed by atoms with Gasteiger partial charge < -0.3 is 20.9 Å². The number of alkyl carbamates (subject to hydrolysis) is 1. The molecule has 0 saturated carbocycles. The van der Waals surface area contributed by atoms with Crippen LogP contribution in [0, 0.1) is 0 Å². The van der Waals surface area contributed by atoms with Crippen LogP contribution in [0.2, 0.25) is 0 Å². The number of thioether (sulfide) groups is 1. The zero-order chi connectivity index (χ0) is 22.9. The van der Waals surface area contributed by atoms with Gasteiger partial charge in [-0.3, -0.25) is 9.59 Å². The Kier molecular flexibility index (Phi) is 8.24. The number of carboxylic acid groups (broad SMARTS) is 1. The molecule has 4 N–H and O–H groups in total. The molecule has 0 aliphatic rings. The van der Waals surface area contributed by atoms with E-state index in [-0.39, 0.29) is 23.9 Å². The van der Waals surface area contributed by atoms with E-state index in [1.165, 1.54) is 0 Å². The maximum absolute atomic E-state index is 12.7. The Labute approximate surface area is 189 Å². The SMILES string of the molecule is N[C@@H](CSC(=O)[C@H](Cc1ccccc1)NC(=O)OCc1ccc2ccccc2c1)C(=O)O. The molecule has 8 heteroatoms. The third-order valence-corrected chi connectivity index (χ3v) is 5.86. The lowest BCUT2D eigenvalue weighted by atomic mass is 10.1. The molecule has 3 aromatic carbocycles. The lowest BCUT2D eigenvalue weighted by Gasteiger charge is -2.18. The smallest absolute Gasteiger partial charge is 0.408 e. The van der Waals surface area contributed by atoms with Gasteiger partial charge >= 0.3 is 12.1 Å². The molecule has 0 heterocycles. The Hall–Kier alpha value is -3.36. The molecule has 0 saturated heterocycles. The number of amides is 1. The molecule has 3 aromatic rings. The van der Waals surface area contributed by atoms with E-state index in [0.717, 1.165) is 33.7 Å². The number of nitrogens with two attached hydrogens (primary N) is 1. The molecule has 3 rings (SSSR count). The van der Waals surface area contributed by atoms with Gasteiger partial charge in [0.15, 0.2) is 0 Å². The second kappa shape index (κ2) is 11.3. The second-order valence-corrected chi connectivity index (χ2v) is 8.24. The predicted octanol–water partition coefficient (Wildman–Crippen LogP) is 3.35. The van der Waals surface area contributed by atoms with Crippen molar-refractivity contribution in [2.45, 2.75) is 25.1 Å². The highest BCUT2D eigenvalue weighted by atomic mass is 32.2. The molecule has 0 bridgehead atoms. The standard InChI is InChI=1S/C24H24N2O5S/c25-20(22(27)28)15-32-23(29)21(13-16-6-2-1-3-7-16)26-24(30)31-14-17-10-11-18-8-4-5-9-19(18)12-17/h1-12,20-21H,13-15,25H2,(H,26,30)(H,27,28)/t20-,21-/m0/s1. The van der Waals surface area contributed by atoms with Crippen molar-refractivity contribution < 1.29 is 24.2 Å². The number of hydrogen-bond acceptors (Lipinski definition) is 6. The molecule has 0 aliphatic heterocycles. The quantitative estimate of drug-likeness (QED) is 0.455. The highest BCUT2D eigenvalue weighted by Crippen LogP contribution is 2.17. The minimum atomic E-state index is -1.19. The van der Waals surface area contributed by atoms with Gasteiger partial charge in [0.05, 0.1) is 0 Å². The van der Waals surface area contributed by atoms with Crippen molar-refractivity contribution in [1.82, 2.24) is 5.32 Å². The predicted molar refractivity (Wildman–Crippen MR) is 124 cm³/mol. The molecule has 32 heavy (non-hydrogen) atoms. The molecule has 0 fully saturated rings. The topological polar surface area (TPSA) is 119 Å². The Morgan fingerprint density at radius 1 is 0.938 bits per heavy atom. The van der Waals surface area contributed by atoms with Crippen LogP contribution in [0.5, 0.6) is 0 Å². The molecule has 0 aromatic heterocycles. The zero-order valence-electron chi connectivity index (χ0n) is 17.3. The first kappa shape index (κ1) is 23.3. The van der Waals surface area contributed by atoms with Gasteiger partial charge in [0.1, 0.15) is 18.7 Å². The van der Waals surface area contributed by atoms with Crippen molar-refractivity contribution in [2.24, 2.45) is 5.73 Å². The highest BCUT2D eigenvalue weighted by molar-refractivity contribution is 8.13. The van der Waals surface area contributed by atoms with Gasteiger partial charge in [-0.1, -0.05) is 78.5 Å². The van der Waals surface area contributed by atoms with E-state index in [1.54, 1.807) is 0 Å². The van der Waals surface area contributed by atoms with E-state index in [9.17, 15) is 14.4 Å².